The van der Waals surface area contributed by atoms with Crippen molar-refractivity contribution in [1.82, 2.24) is 0 Å². The molecule has 6 heteroatoms. The van der Waals surface area contributed by atoms with Crippen LogP contribution in [0.2, 0.25) is 0 Å². The molecule has 0 aromatic heterocycles. The number of nitrogens with one attached hydrogen (secondary N) is 2. The normalized spacial score (nSPS) is 11.7. The summed E-state index contributed by atoms with van der Waals surface area (Å²) in [6.07, 6.45) is 0.859. The van der Waals surface area contributed by atoms with Crippen molar-refractivity contribution in [3.8, 4) is 11.5 Å². The Morgan fingerprint density at radius 2 is 1.76 bits per heavy atom. The number of benzene rings is 2. The van der Waals surface area contributed by atoms with E-state index in [0.717, 1.165) is 45.1 Å². The van der Waals surface area contributed by atoms with Gasteiger partial charge in [-0.25, -0.2) is 0 Å². The van der Waals surface area contributed by atoms with Crippen molar-refractivity contribution in [1.29, 1.82) is 0 Å². The van der Waals surface area contributed by atoms with Crippen LogP contribution in [0.4, 0.5) is 5.69 Å². The summed E-state index contributed by atoms with van der Waals surface area (Å²) in [5.74, 6) is 1.46. The molecular formula is C19H24BrN2O3+. The quantitative estimate of drug-likeness (QED) is 0.704. The van der Waals surface area contributed by atoms with Gasteiger partial charge in [0.15, 0.2) is 18.0 Å². The van der Waals surface area contributed by atoms with Crippen molar-refractivity contribution in [3.05, 3.63) is 52.5 Å². The van der Waals surface area contributed by atoms with Crippen molar-refractivity contribution in [2.75, 3.05) is 39.7 Å². The minimum absolute atomic E-state index is 0.00661. The van der Waals surface area contributed by atoms with Crippen LogP contribution in [0, 0.1) is 0 Å². The van der Waals surface area contributed by atoms with E-state index >= 15 is 0 Å². The van der Waals surface area contributed by atoms with Crippen LogP contribution in [0.15, 0.2) is 46.9 Å². The smallest absolute Gasteiger partial charge is 0.279 e. The zero-order valence-electron chi connectivity index (χ0n) is 14.8. The van der Waals surface area contributed by atoms with Gasteiger partial charge in [0, 0.05) is 16.6 Å². The maximum Gasteiger partial charge on any atom is 0.279 e. The fourth-order valence-electron chi connectivity index (χ4n) is 2.49. The predicted molar refractivity (Wildman–Crippen MR) is 103 cm³/mol. The van der Waals surface area contributed by atoms with E-state index in [0.29, 0.717) is 6.54 Å². The Morgan fingerprint density at radius 3 is 2.40 bits per heavy atom. The fourth-order valence-corrected chi connectivity index (χ4v) is 2.76. The SMILES string of the molecule is COc1ccc(CC[NH+](C)CC(=O)Nc2ccc(Br)cc2)cc1OC. The Kier molecular flexibility index (Phi) is 7.28. The van der Waals surface area contributed by atoms with Crippen molar-refractivity contribution in [3.63, 3.8) is 0 Å². The maximum atomic E-state index is 12.1. The molecule has 0 aliphatic rings. The molecule has 2 aromatic rings. The van der Waals surface area contributed by atoms with E-state index in [9.17, 15) is 4.79 Å². The van der Waals surface area contributed by atoms with Crippen LogP contribution in [0.1, 0.15) is 5.56 Å². The summed E-state index contributed by atoms with van der Waals surface area (Å²) >= 11 is 3.38. The molecule has 0 saturated carbocycles. The summed E-state index contributed by atoms with van der Waals surface area (Å²) in [6.45, 7) is 1.27. The zero-order chi connectivity index (χ0) is 18.2. The number of rotatable bonds is 8. The summed E-state index contributed by atoms with van der Waals surface area (Å²) < 4.78 is 11.6. The second kappa shape index (κ2) is 9.44. The predicted octanol–water partition coefficient (Wildman–Crippen LogP) is 2.16. The number of amides is 1. The number of hydrogen-bond donors (Lipinski definition) is 2. The Labute approximate surface area is 157 Å². The lowest BCUT2D eigenvalue weighted by atomic mass is 10.1. The van der Waals surface area contributed by atoms with E-state index in [1.165, 1.54) is 0 Å². The number of carbonyl (C=O) groups excluding carboxylic acids is 1. The number of anilines is 1. The third kappa shape index (κ3) is 6.07. The molecule has 1 unspecified atom stereocenters. The minimum atomic E-state index is 0.00661. The lowest BCUT2D eigenvalue weighted by molar-refractivity contribution is -0.870. The van der Waals surface area contributed by atoms with Gasteiger partial charge in [-0.3, -0.25) is 4.79 Å². The van der Waals surface area contributed by atoms with Crippen molar-refractivity contribution in [2.45, 2.75) is 6.42 Å². The molecule has 0 heterocycles. The number of ether oxygens (including phenoxy) is 2. The van der Waals surface area contributed by atoms with Crippen LogP contribution in [-0.4, -0.2) is 40.3 Å². The van der Waals surface area contributed by atoms with Gasteiger partial charge in [0.1, 0.15) is 0 Å². The number of likely N-dealkylation sites (N-methyl/N-ethyl adjacent to an activating group) is 1. The average molecular weight is 408 g/mol. The first-order valence-electron chi connectivity index (χ1n) is 8.09. The molecule has 1 amide bonds. The lowest BCUT2D eigenvalue weighted by Gasteiger charge is -2.15. The highest BCUT2D eigenvalue weighted by molar-refractivity contribution is 9.10. The van der Waals surface area contributed by atoms with E-state index in [1.54, 1.807) is 14.2 Å². The van der Waals surface area contributed by atoms with Crippen LogP contribution in [0.3, 0.4) is 0 Å². The van der Waals surface area contributed by atoms with Crippen LogP contribution < -0.4 is 19.7 Å². The number of methoxy groups -OCH3 is 2. The Balaban J connectivity index is 1.82. The summed E-state index contributed by atoms with van der Waals surface area (Å²) in [4.78, 5) is 13.3. The Bertz CT molecular complexity index is 704. The molecule has 2 rings (SSSR count). The first-order valence-corrected chi connectivity index (χ1v) is 8.88. The zero-order valence-corrected chi connectivity index (χ0v) is 16.4. The highest BCUT2D eigenvalue weighted by Gasteiger charge is 2.11. The van der Waals surface area contributed by atoms with E-state index < -0.39 is 0 Å². The number of quaternary nitrogens is 1. The van der Waals surface area contributed by atoms with Gasteiger partial charge in [-0.05, 0) is 42.0 Å². The van der Waals surface area contributed by atoms with Gasteiger partial charge < -0.3 is 19.7 Å². The standard InChI is InChI=1S/C19H23BrN2O3/c1-22(13-19(23)21-16-7-5-15(20)6-8-16)11-10-14-4-9-17(24-2)18(12-14)25-3/h4-9,12H,10-11,13H2,1-3H3,(H,21,23)/p+1. The largest absolute Gasteiger partial charge is 0.493 e. The number of hydrogen-bond acceptors (Lipinski definition) is 3. The summed E-state index contributed by atoms with van der Waals surface area (Å²) in [7, 11) is 5.27. The molecule has 134 valence electrons. The van der Waals surface area contributed by atoms with Gasteiger partial charge in [-0.15, -0.1) is 0 Å². The van der Waals surface area contributed by atoms with Gasteiger partial charge >= 0.3 is 0 Å². The average Bonchev–Trinajstić information content (AvgIpc) is 2.61. The highest BCUT2D eigenvalue weighted by atomic mass is 79.9. The third-order valence-electron chi connectivity index (χ3n) is 3.88. The van der Waals surface area contributed by atoms with Crippen molar-refractivity contribution >= 4 is 27.5 Å². The molecule has 0 radical (unpaired) electrons. The second-order valence-corrected chi connectivity index (χ2v) is 6.79. The topological polar surface area (TPSA) is 52.0 Å². The lowest BCUT2D eigenvalue weighted by Crippen LogP contribution is -3.10. The molecule has 0 fully saturated rings. The first kappa shape index (κ1) is 19.3. The van der Waals surface area contributed by atoms with Crippen LogP contribution in [0.5, 0.6) is 11.5 Å². The number of carbonyl (C=O) groups is 1. The molecule has 25 heavy (non-hydrogen) atoms. The van der Waals surface area contributed by atoms with E-state index in [1.807, 2.05) is 49.5 Å². The molecule has 2 aromatic carbocycles. The minimum Gasteiger partial charge on any atom is -0.493 e. The molecule has 0 aliphatic heterocycles. The van der Waals surface area contributed by atoms with Crippen LogP contribution in [0.25, 0.3) is 0 Å². The van der Waals surface area contributed by atoms with E-state index in [-0.39, 0.29) is 5.91 Å². The molecule has 0 aliphatic carbocycles. The molecule has 0 spiro atoms. The maximum absolute atomic E-state index is 12.1. The molecular weight excluding hydrogens is 384 g/mol. The van der Waals surface area contributed by atoms with Crippen molar-refractivity contribution < 1.29 is 19.2 Å². The highest BCUT2D eigenvalue weighted by Crippen LogP contribution is 2.27. The first-order chi connectivity index (χ1) is 12.0. The second-order valence-electron chi connectivity index (χ2n) is 5.88. The Morgan fingerprint density at radius 1 is 1.08 bits per heavy atom. The van der Waals surface area contributed by atoms with Gasteiger partial charge in [0.05, 0.1) is 27.8 Å². The monoisotopic (exact) mass is 407 g/mol. The van der Waals surface area contributed by atoms with Gasteiger partial charge in [0.2, 0.25) is 0 Å². The van der Waals surface area contributed by atoms with E-state index in [4.69, 9.17) is 9.47 Å². The van der Waals surface area contributed by atoms with Gasteiger partial charge in [-0.1, -0.05) is 22.0 Å². The Hall–Kier alpha value is -2.05. The molecule has 1 atom stereocenters. The van der Waals surface area contributed by atoms with Crippen LogP contribution in [-0.2, 0) is 11.2 Å². The number of halogens is 1. The summed E-state index contributed by atoms with van der Waals surface area (Å²) in [5.41, 5.74) is 1.96. The molecule has 0 saturated heterocycles. The van der Waals surface area contributed by atoms with Crippen LogP contribution >= 0.6 is 15.9 Å². The molecule has 0 bridgehead atoms. The van der Waals surface area contributed by atoms with E-state index in [2.05, 4.69) is 21.2 Å². The van der Waals surface area contributed by atoms with Gasteiger partial charge in [-0.2, -0.15) is 0 Å². The molecule has 5 nitrogen and oxygen atoms in total. The van der Waals surface area contributed by atoms with Crippen molar-refractivity contribution in [2.24, 2.45) is 0 Å². The third-order valence-corrected chi connectivity index (χ3v) is 4.41. The summed E-state index contributed by atoms with van der Waals surface area (Å²) in [6, 6.07) is 13.5. The molecule has 2 N–H and O–H groups in total. The fraction of sp³-hybridized carbons (Fsp3) is 0.316. The van der Waals surface area contributed by atoms with Gasteiger partial charge in [0.25, 0.3) is 5.91 Å². The summed E-state index contributed by atoms with van der Waals surface area (Å²) in [5, 5.41) is 2.91.